The number of allylic oxidation sites excluding steroid dienone is 6. The van der Waals surface area contributed by atoms with E-state index in [2.05, 4.69) is 0 Å². The normalized spacial score (nSPS) is 31.4. The largest absolute Gasteiger partial charge is 0.402 e. The first-order valence-electron chi connectivity index (χ1n) is 7.26. The first-order valence-corrected chi connectivity index (χ1v) is 7.26. The third-order valence-corrected chi connectivity index (χ3v) is 3.64. The van der Waals surface area contributed by atoms with Crippen LogP contribution in [0.2, 0.25) is 0 Å². The van der Waals surface area contributed by atoms with E-state index in [4.69, 9.17) is 5.73 Å². The molecule has 0 radical (unpaired) electrons. The van der Waals surface area contributed by atoms with Crippen molar-refractivity contribution in [3.05, 3.63) is 35.1 Å². The number of hydrogen-bond donors (Lipinski definition) is 1. The zero-order chi connectivity index (χ0) is 15.1. The molecule has 0 aromatic rings. The monoisotopic (exact) mass is 275 g/mol. The molecule has 0 saturated heterocycles. The molecule has 20 heavy (non-hydrogen) atoms. The Morgan fingerprint density at radius 3 is 2.35 bits per heavy atom. The van der Waals surface area contributed by atoms with Crippen LogP contribution in [-0.2, 0) is 9.59 Å². The summed E-state index contributed by atoms with van der Waals surface area (Å²) in [5.41, 5.74) is 8.67. The van der Waals surface area contributed by atoms with Gasteiger partial charge in [-0.3, -0.25) is 9.59 Å². The second kappa shape index (κ2) is 7.83. The summed E-state index contributed by atoms with van der Waals surface area (Å²) in [7, 11) is 0. The van der Waals surface area contributed by atoms with Gasteiger partial charge in [-0.25, -0.2) is 0 Å². The SMILES string of the molecule is C/C1=C/C(=O)/C=C(\N)C(C)CC/C(C)=C/C(=O)CCC1. The van der Waals surface area contributed by atoms with E-state index in [9.17, 15) is 9.59 Å². The minimum atomic E-state index is -0.0532. The minimum absolute atomic E-state index is 0.0532. The molecule has 0 bridgehead atoms. The first-order chi connectivity index (χ1) is 9.38. The maximum Gasteiger partial charge on any atom is 0.180 e. The van der Waals surface area contributed by atoms with E-state index in [-0.39, 0.29) is 17.5 Å². The minimum Gasteiger partial charge on any atom is -0.402 e. The fraction of sp³-hybridized carbons (Fsp3) is 0.529. The third kappa shape index (κ3) is 6.00. The van der Waals surface area contributed by atoms with Gasteiger partial charge in [0.15, 0.2) is 11.6 Å². The number of carbonyl (C=O) groups is 2. The summed E-state index contributed by atoms with van der Waals surface area (Å²) >= 11 is 0. The molecule has 1 rings (SSSR count). The highest BCUT2D eigenvalue weighted by atomic mass is 16.1. The summed E-state index contributed by atoms with van der Waals surface area (Å²) in [5.74, 6) is 0.270. The van der Waals surface area contributed by atoms with Crippen molar-refractivity contribution in [1.82, 2.24) is 0 Å². The Labute approximate surface area is 121 Å². The topological polar surface area (TPSA) is 60.2 Å². The molecule has 0 spiro atoms. The highest BCUT2D eigenvalue weighted by molar-refractivity contribution is 6.00. The zero-order valence-electron chi connectivity index (χ0n) is 12.7. The maximum absolute atomic E-state index is 11.8. The molecule has 1 atom stereocenters. The summed E-state index contributed by atoms with van der Waals surface area (Å²) in [6.45, 7) is 5.91. The van der Waals surface area contributed by atoms with Gasteiger partial charge in [-0.1, -0.05) is 18.1 Å². The van der Waals surface area contributed by atoms with E-state index in [0.29, 0.717) is 12.1 Å². The van der Waals surface area contributed by atoms with Gasteiger partial charge in [0.25, 0.3) is 0 Å². The van der Waals surface area contributed by atoms with Crippen LogP contribution in [0.15, 0.2) is 35.1 Å². The Morgan fingerprint density at radius 2 is 1.65 bits per heavy atom. The summed E-state index contributed by atoms with van der Waals surface area (Å²) in [5, 5.41) is 0. The lowest BCUT2D eigenvalue weighted by Crippen LogP contribution is -2.11. The average molecular weight is 275 g/mol. The molecular formula is C17H25NO2. The second-order valence-corrected chi connectivity index (χ2v) is 5.79. The van der Waals surface area contributed by atoms with E-state index in [1.54, 1.807) is 12.2 Å². The summed E-state index contributed by atoms with van der Waals surface area (Å²) in [6, 6.07) is 0. The number of hydrogen-bond acceptors (Lipinski definition) is 3. The molecule has 0 amide bonds. The van der Waals surface area contributed by atoms with Crippen LogP contribution in [0, 0.1) is 5.92 Å². The predicted octanol–water partition coefficient (Wildman–Crippen LogP) is 3.46. The summed E-state index contributed by atoms with van der Waals surface area (Å²) < 4.78 is 0. The van der Waals surface area contributed by atoms with Gasteiger partial charge >= 0.3 is 0 Å². The van der Waals surface area contributed by atoms with Gasteiger partial charge in [-0.2, -0.15) is 0 Å². The Morgan fingerprint density at radius 1 is 1.00 bits per heavy atom. The van der Waals surface area contributed by atoms with Crippen molar-refractivity contribution < 1.29 is 9.59 Å². The summed E-state index contributed by atoms with van der Waals surface area (Å²) in [6.07, 6.45) is 8.70. The lowest BCUT2D eigenvalue weighted by atomic mass is 9.96. The van der Waals surface area contributed by atoms with E-state index in [1.807, 2.05) is 20.8 Å². The van der Waals surface area contributed by atoms with Crippen LogP contribution < -0.4 is 5.73 Å². The number of ketones is 2. The molecule has 0 heterocycles. The van der Waals surface area contributed by atoms with Gasteiger partial charge in [0.05, 0.1) is 0 Å². The smallest absolute Gasteiger partial charge is 0.180 e. The molecule has 1 aliphatic rings. The number of nitrogens with two attached hydrogens (primary N) is 1. The molecule has 0 aliphatic heterocycles. The van der Waals surface area contributed by atoms with Crippen molar-refractivity contribution in [3.8, 4) is 0 Å². The molecule has 0 aromatic heterocycles. The highest BCUT2D eigenvalue weighted by Gasteiger charge is 2.09. The van der Waals surface area contributed by atoms with Crippen molar-refractivity contribution in [2.75, 3.05) is 0 Å². The van der Waals surface area contributed by atoms with Gasteiger partial charge in [-0.05, 0) is 57.6 Å². The van der Waals surface area contributed by atoms with Gasteiger partial charge in [0.2, 0.25) is 0 Å². The van der Waals surface area contributed by atoms with Crippen LogP contribution in [0.1, 0.15) is 52.9 Å². The standard InChI is InChI=1S/C17H25NO2/c1-12-5-4-6-15(19)9-13(2)7-8-14(3)17(18)11-16(20)10-12/h9-11,14H,4-8,18H2,1-3H3/b12-10-,13-9+,17-11-. The van der Waals surface area contributed by atoms with Crippen molar-refractivity contribution >= 4 is 11.6 Å². The number of rotatable bonds is 0. The molecule has 0 aromatic carbocycles. The Bertz CT molecular complexity index is 469. The van der Waals surface area contributed by atoms with Gasteiger partial charge in [-0.15, -0.1) is 0 Å². The van der Waals surface area contributed by atoms with Crippen molar-refractivity contribution in [3.63, 3.8) is 0 Å². The molecular weight excluding hydrogens is 250 g/mol. The molecule has 3 heteroatoms. The predicted molar refractivity (Wildman–Crippen MR) is 82.0 cm³/mol. The summed E-state index contributed by atoms with van der Waals surface area (Å²) in [4.78, 5) is 23.6. The quantitative estimate of drug-likeness (QED) is 0.736. The lowest BCUT2D eigenvalue weighted by Gasteiger charge is -2.12. The molecule has 3 nitrogen and oxygen atoms in total. The average Bonchev–Trinajstić information content (AvgIpc) is 2.34. The van der Waals surface area contributed by atoms with Gasteiger partial charge < -0.3 is 5.73 Å². The Hall–Kier alpha value is -1.64. The second-order valence-electron chi connectivity index (χ2n) is 5.79. The Balaban J connectivity index is 2.92. The lowest BCUT2D eigenvalue weighted by molar-refractivity contribution is -0.114. The van der Waals surface area contributed by atoms with E-state index in [1.165, 1.54) is 6.08 Å². The molecule has 1 aliphatic carbocycles. The van der Waals surface area contributed by atoms with E-state index < -0.39 is 0 Å². The van der Waals surface area contributed by atoms with Crippen LogP contribution in [0.3, 0.4) is 0 Å². The van der Waals surface area contributed by atoms with E-state index in [0.717, 1.165) is 36.8 Å². The maximum atomic E-state index is 11.8. The van der Waals surface area contributed by atoms with Crippen molar-refractivity contribution in [1.29, 1.82) is 0 Å². The first kappa shape index (κ1) is 16.4. The van der Waals surface area contributed by atoms with Gasteiger partial charge in [0.1, 0.15) is 0 Å². The van der Waals surface area contributed by atoms with E-state index >= 15 is 0 Å². The molecule has 0 saturated carbocycles. The van der Waals surface area contributed by atoms with Crippen molar-refractivity contribution in [2.24, 2.45) is 11.7 Å². The van der Waals surface area contributed by atoms with Crippen molar-refractivity contribution in [2.45, 2.75) is 52.9 Å². The van der Waals surface area contributed by atoms with Crippen LogP contribution in [0.4, 0.5) is 0 Å². The van der Waals surface area contributed by atoms with Crippen LogP contribution in [0.5, 0.6) is 0 Å². The number of carbonyl (C=O) groups excluding carboxylic acids is 2. The third-order valence-electron chi connectivity index (χ3n) is 3.64. The fourth-order valence-electron chi connectivity index (χ4n) is 2.23. The molecule has 1 unspecified atom stereocenters. The van der Waals surface area contributed by atoms with Gasteiger partial charge in [0, 0.05) is 18.2 Å². The van der Waals surface area contributed by atoms with Crippen LogP contribution in [-0.4, -0.2) is 11.6 Å². The van der Waals surface area contributed by atoms with Crippen LogP contribution in [0.25, 0.3) is 0 Å². The van der Waals surface area contributed by atoms with Crippen LogP contribution >= 0.6 is 0 Å². The fourth-order valence-corrected chi connectivity index (χ4v) is 2.23. The highest BCUT2D eigenvalue weighted by Crippen LogP contribution is 2.18. The Kier molecular flexibility index (Phi) is 6.43. The molecule has 110 valence electrons. The molecule has 0 fully saturated rings. The zero-order valence-corrected chi connectivity index (χ0v) is 12.7. The molecule has 2 N–H and O–H groups in total.